The van der Waals surface area contributed by atoms with Gasteiger partial charge in [-0.15, -0.1) is 0 Å². The van der Waals surface area contributed by atoms with Gasteiger partial charge >= 0.3 is 12.0 Å². The molecule has 18 heavy (non-hydrogen) atoms. The molecular weight excluding hydrogens is 256 g/mol. The Bertz CT molecular complexity index is 478. The van der Waals surface area contributed by atoms with Crippen LogP contribution in [0.5, 0.6) is 0 Å². The lowest BCUT2D eigenvalue weighted by Crippen LogP contribution is -2.34. The van der Waals surface area contributed by atoms with E-state index in [-0.39, 0.29) is 18.5 Å². The second-order valence-corrected chi connectivity index (χ2v) is 4.56. The van der Waals surface area contributed by atoms with E-state index in [2.05, 4.69) is 5.32 Å². The largest absolute Gasteiger partial charge is 0.481 e. The highest BCUT2D eigenvalue weighted by molar-refractivity contribution is 6.30. The molecule has 0 bridgehead atoms. The van der Waals surface area contributed by atoms with E-state index in [9.17, 15) is 9.59 Å². The number of nitrogens with one attached hydrogen (secondary N) is 1. The van der Waals surface area contributed by atoms with Gasteiger partial charge in [0.25, 0.3) is 0 Å². The third kappa shape index (κ3) is 2.73. The first-order valence-electron chi connectivity index (χ1n) is 5.62. The lowest BCUT2D eigenvalue weighted by Gasteiger charge is -2.22. The van der Waals surface area contributed by atoms with Crippen LogP contribution in [0.4, 0.5) is 10.5 Å². The fourth-order valence-electron chi connectivity index (χ4n) is 2.02. The van der Waals surface area contributed by atoms with Crippen LogP contribution in [0.15, 0.2) is 24.3 Å². The van der Waals surface area contributed by atoms with Crippen LogP contribution in [-0.2, 0) is 4.79 Å². The number of carbonyl (C=O) groups excluding carboxylic acids is 1. The minimum atomic E-state index is -0.861. The molecule has 1 atom stereocenters. The van der Waals surface area contributed by atoms with E-state index in [1.165, 1.54) is 0 Å². The second-order valence-electron chi connectivity index (χ2n) is 4.12. The summed E-state index contributed by atoms with van der Waals surface area (Å²) in [5.74, 6) is -0.861. The summed E-state index contributed by atoms with van der Waals surface area (Å²) in [7, 11) is 0. The first-order chi connectivity index (χ1) is 8.58. The molecule has 0 aromatic heterocycles. The molecule has 5 nitrogen and oxygen atoms in total. The zero-order valence-electron chi connectivity index (χ0n) is 9.60. The lowest BCUT2D eigenvalue weighted by molar-refractivity contribution is -0.137. The number of halogens is 1. The van der Waals surface area contributed by atoms with Crippen molar-refractivity contribution in [3.8, 4) is 0 Å². The molecule has 1 fully saturated rings. The molecule has 1 aliphatic rings. The highest BCUT2D eigenvalue weighted by Crippen LogP contribution is 2.25. The number of urea groups is 1. The van der Waals surface area contributed by atoms with Crippen molar-refractivity contribution in [1.29, 1.82) is 0 Å². The molecule has 1 aliphatic heterocycles. The first kappa shape index (κ1) is 12.7. The number of benzene rings is 1. The fourth-order valence-corrected chi connectivity index (χ4v) is 2.21. The molecule has 1 aromatic rings. The molecule has 1 aromatic carbocycles. The smallest absolute Gasteiger partial charge is 0.322 e. The number of hydrogen-bond acceptors (Lipinski definition) is 2. The molecule has 0 aliphatic carbocycles. The molecule has 1 unspecified atom stereocenters. The number of amides is 2. The summed E-state index contributed by atoms with van der Waals surface area (Å²) in [4.78, 5) is 23.9. The van der Waals surface area contributed by atoms with E-state index in [0.29, 0.717) is 23.7 Å². The van der Waals surface area contributed by atoms with Gasteiger partial charge in [-0.3, -0.25) is 9.69 Å². The van der Waals surface area contributed by atoms with Gasteiger partial charge in [-0.2, -0.15) is 0 Å². The minimum absolute atomic E-state index is 0.0384. The predicted molar refractivity (Wildman–Crippen MR) is 68.0 cm³/mol. The standard InChI is InChI=1S/C12H13ClN2O3/c13-8-2-1-3-9(6-8)15-10(4-5-11(16)17)7-14-12(15)18/h1-3,6,10H,4-5,7H2,(H,14,18)(H,16,17). The van der Waals surface area contributed by atoms with Crippen LogP contribution in [0.25, 0.3) is 0 Å². The van der Waals surface area contributed by atoms with Crippen molar-refractivity contribution < 1.29 is 14.7 Å². The zero-order chi connectivity index (χ0) is 13.1. The Morgan fingerprint density at radius 3 is 3.00 bits per heavy atom. The molecule has 2 rings (SSSR count). The number of carbonyl (C=O) groups is 2. The highest BCUT2D eigenvalue weighted by Gasteiger charge is 2.31. The van der Waals surface area contributed by atoms with Gasteiger partial charge in [0.1, 0.15) is 0 Å². The van der Waals surface area contributed by atoms with Crippen LogP contribution in [0.2, 0.25) is 5.02 Å². The van der Waals surface area contributed by atoms with Crippen molar-refractivity contribution in [3.63, 3.8) is 0 Å². The number of carboxylic acid groups (broad SMARTS) is 1. The topological polar surface area (TPSA) is 69.6 Å². The van der Waals surface area contributed by atoms with Crippen LogP contribution in [0.3, 0.4) is 0 Å². The van der Waals surface area contributed by atoms with E-state index in [4.69, 9.17) is 16.7 Å². The Morgan fingerprint density at radius 2 is 2.33 bits per heavy atom. The number of anilines is 1. The third-order valence-electron chi connectivity index (χ3n) is 2.85. The normalized spacial score (nSPS) is 18.8. The van der Waals surface area contributed by atoms with Crippen molar-refractivity contribution in [1.82, 2.24) is 5.32 Å². The molecule has 0 spiro atoms. The predicted octanol–water partition coefficient (Wildman–Crippen LogP) is 2.10. The molecule has 96 valence electrons. The van der Waals surface area contributed by atoms with E-state index >= 15 is 0 Å². The Hall–Kier alpha value is -1.75. The van der Waals surface area contributed by atoms with Gasteiger partial charge in [0.15, 0.2) is 0 Å². The molecule has 2 amide bonds. The van der Waals surface area contributed by atoms with Crippen molar-refractivity contribution >= 4 is 29.3 Å². The average molecular weight is 269 g/mol. The average Bonchev–Trinajstić information content (AvgIpc) is 2.68. The van der Waals surface area contributed by atoms with Crippen molar-refractivity contribution in [2.75, 3.05) is 11.4 Å². The maximum absolute atomic E-state index is 11.8. The van der Waals surface area contributed by atoms with Crippen LogP contribution in [0.1, 0.15) is 12.8 Å². The molecular formula is C12H13ClN2O3. The summed E-state index contributed by atoms with van der Waals surface area (Å²) in [6, 6.07) is 6.60. The molecule has 2 N–H and O–H groups in total. The summed E-state index contributed by atoms with van der Waals surface area (Å²) in [6.07, 6.45) is 0.456. The van der Waals surface area contributed by atoms with Crippen molar-refractivity contribution in [2.45, 2.75) is 18.9 Å². The Balaban J connectivity index is 2.17. The summed E-state index contributed by atoms with van der Waals surface area (Å²) >= 11 is 5.89. The zero-order valence-corrected chi connectivity index (χ0v) is 10.4. The second kappa shape index (κ2) is 5.27. The van der Waals surface area contributed by atoms with Gasteiger partial charge in [0, 0.05) is 23.7 Å². The summed E-state index contributed by atoms with van der Waals surface area (Å²) in [5, 5.41) is 12.0. The third-order valence-corrected chi connectivity index (χ3v) is 3.09. The van der Waals surface area contributed by atoms with Crippen LogP contribution in [-0.4, -0.2) is 29.7 Å². The van der Waals surface area contributed by atoms with Crippen LogP contribution >= 0.6 is 11.6 Å². The number of aliphatic carboxylic acids is 1. The molecule has 1 heterocycles. The number of nitrogens with zero attached hydrogens (tertiary/aromatic N) is 1. The lowest BCUT2D eigenvalue weighted by atomic mass is 10.1. The maximum Gasteiger partial charge on any atom is 0.322 e. The first-order valence-corrected chi connectivity index (χ1v) is 6.00. The number of hydrogen-bond donors (Lipinski definition) is 2. The monoisotopic (exact) mass is 268 g/mol. The quantitative estimate of drug-likeness (QED) is 0.879. The summed E-state index contributed by atoms with van der Waals surface area (Å²) < 4.78 is 0. The number of rotatable bonds is 4. The number of carboxylic acids is 1. The molecule has 0 saturated carbocycles. The summed E-state index contributed by atoms with van der Waals surface area (Å²) in [5.41, 5.74) is 0.688. The van der Waals surface area contributed by atoms with Crippen LogP contribution < -0.4 is 10.2 Å². The highest BCUT2D eigenvalue weighted by atomic mass is 35.5. The Morgan fingerprint density at radius 1 is 1.56 bits per heavy atom. The van der Waals surface area contributed by atoms with Crippen molar-refractivity contribution in [3.05, 3.63) is 29.3 Å². The van der Waals surface area contributed by atoms with Crippen LogP contribution in [0, 0.1) is 0 Å². The molecule has 1 saturated heterocycles. The Labute approximate surface area is 109 Å². The summed E-state index contributed by atoms with van der Waals surface area (Å²) in [6.45, 7) is 0.457. The Kier molecular flexibility index (Phi) is 3.72. The van der Waals surface area contributed by atoms with E-state index in [1.54, 1.807) is 29.2 Å². The molecule has 6 heteroatoms. The fraction of sp³-hybridized carbons (Fsp3) is 0.333. The van der Waals surface area contributed by atoms with Gasteiger partial charge in [-0.25, -0.2) is 4.79 Å². The van der Waals surface area contributed by atoms with Crippen molar-refractivity contribution in [2.24, 2.45) is 0 Å². The van der Waals surface area contributed by atoms with Gasteiger partial charge in [-0.05, 0) is 24.6 Å². The van der Waals surface area contributed by atoms with Gasteiger partial charge in [0.2, 0.25) is 0 Å². The van der Waals surface area contributed by atoms with Gasteiger partial charge in [0.05, 0.1) is 6.04 Å². The van der Waals surface area contributed by atoms with E-state index in [1.807, 2.05) is 0 Å². The van der Waals surface area contributed by atoms with E-state index < -0.39 is 5.97 Å². The van der Waals surface area contributed by atoms with Gasteiger partial charge < -0.3 is 10.4 Å². The SMILES string of the molecule is O=C(O)CCC1CNC(=O)N1c1cccc(Cl)c1. The van der Waals surface area contributed by atoms with Gasteiger partial charge in [-0.1, -0.05) is 17.7 Å². The maximum atomic E-state index is 11.8. The minimum Gasteiger partial charge on any atom is -0.481 e. The van der Waals surface area contributed by atoms with E-state index in [0.717, 1.165) is 0 Å². The molecule has 0 radical (unpaired) electrons.